The normalized spacial score (nSPS) is 16.0. The van der Waals surface area contributed by atoms with Gasteiger partial charge in [0, 0.05) is 13.8 Å². The van der Waals surface area contributed by atoms with Crippen molar-refractivity contribution in [2.45, 2.75) is 27.0 Å². The highest BCUT2D eigenvalue weighted by Gasteiger charge is 2.37. The molecule has 1 aliphatic heterocycles. The lowest BCUT2D eigenvalue weighted by Crippen LogP contribution is -2.26. The van der Waals surface area contributed by atoms with Crippen LogP contribution in [0.4, 0.5) is 0 Å². The number of hydrogen-bond donors (Lipinski definition) is 0. The van der Waals surface area contributed by atoms with Crippen molar-refractivity contribution in [3.8, 4) is 5.75 Å². The first-order valence-corrected chi connectivity index (χ1v) is 8.76. The minimum Gasteiger partial charge on any atom is -0.456 e. The highest BCUT2D eigenvalue weighted by Crippen LogP contribution is 2.40. The maximum absolute atomic E-state index is 12.3. The molecule has 0 bridgehead atoms. The molecule has 0 aliphatic carbocycles. The summed E-state index contributed by atoms with van der Waals surface area (Å²) in [4.78, 5) is 23.9. The predicted octanol–water partition coefficient (Wildman–Crippen LogP) is 3.91. The van der Waals surface area contributed by atoms with Gasteiger partial charge in [0.05, 0.1) is 5.56 Å². The number of aryl methyl sites for hydroxylation is 1. The number of amides is 1. The largest absolute Gasteiger partial charge is 0.456 e. The van der Waals surface area contributed by atoms with E-state index >= 15 is 0 Å². The Morgan fingerprint density at radius 3 is 2.54 bits per heavy atom. The Morgan fingerprint density at radius 1 is 1.07 bits per heavy atom. The van der Waals surface area contributed by atoms with Crippen LogP contribution in [0, 0.1) is 6.92 Å². The first-order valence-electron chi connectivity index (χ1n) is 8.76. The van der Waals surface area contributed by atoms with Crippen LogP contribution in [0.3, 0.4) is 0 Å². The van der Waals surface area contributed by atoms with Crippen LogP contribution in [-0.2, 0) is 14.3 Å². The van der Waals surface area contributed by atoms with Crippen molar-refractivity contribution in [2.75, 3.05) is 0 Å². The Balaban J connectivity index is 1.86. The van der Waals surface area contributed by atoms with Crippen molar-refractivity contribution < 1.29 is 23.5 Å². The van der Waals surface area contributed by atoms with Gasteiger partial charge in [-0.15, -0.1) is 5.10 Å². The van der Waals surface area contributed by atoms with Crippen molar-refractivity contribution in [3.63, 3.8) is 0 Å². The molecular formula is C21H18N2O5. The predicted molar refractivity (Wildman–Crippen MR) is 102 cm³/mol. The maximum Gasteiger partial charge on any atom is 0.308 e. The molecule has 1 unspecified atom stereocenters. The molecule has 7 nitrogen and oxygen atoms in total. The number of carbonyl (C=O) groups excluding carboxylic acids is 2. The van der Waals surface area contributed by atoms with Crippen LogP contribution in [0.25, 0.3) is 10.8 Å². The molecule has 28 heavy (non-hydrogen) atoms. The second-order valence-electron chi connectivity index (χ2n) is 6.44. The van der Waals surface area contributed by atoms with Crippen LogP contribution in [0.1, 0.15) is 37.2 Å². The molecule has 7 heteroatoms. The third-order valence-corrected chi connectivity index (χ3v) is 4.35. The molecule has 0 spiro atoms. The number of benzene rings is 2. The molecule has 1 atom stereocenters. The van der Waals surface area contributed by atoms with Crippen LogP contribution in [0.2, 0.25) is 0 Å². The van der Waals surface area contributed by atoms with Crippen LogP contribution >= 0.6 is 0 Å². The van der Waals surface area contributed by atoms with Gasteiger partial charge < -0.3 is 13.9 Å². The Morgan fingerprint density at radius 2 is 1.86 bits per heavy atom. The average molecular weight is 378 g/mol. The van der Waals surface area contributed by atoms with E-state index in [9.17, 15) is 9.59 Å². The number of furan rings is 1. The number of esters is 1. The van der Waals surface area contributed by atoms with Gasteiger partial charge in [-0.05, 0) is 35.9 Å². The highest BCUT2D eigenvalue weighted by atomic mass is 16.6. The number of hydrogen-bond acceptors (Lipinski definition) is 6. The summed E-state index contributed by atoms with van der Waals surface area (Å²) in [5.41, 5.74) is 0.547. The minimum atomic E-state index is -0.890. The van der Waals surface area contributed by atoms with Gasteiger partial charge in [0.15, 0.2) is 5.76 Å². The SMILES string of the molecule is CC(=O)Oc1ccc2ccccc2c1C1OC(c2ccc(C)o2)=NN1C(C)=O. The van der Waals surface area contributed by atoms with Crippen molar-refractivity contribution in [3.05, 3.63) is 65.6 Å². The zero-order valence-corrected chi connectivity index (χ0v) is 15.6. The number of ether oxygens (including phenoxy) is 2. The summed E-state index contributed by atoms with van der Waals surface area (Å²) < 4.78 is 17.0. The van der Waals surface area contributed by atoms with Gasteiger partial charge in [0.1, 0.15) is 11.5 Å². The lowest BCUT2D eigenvalue weighted by molar-refractivity contribution is -0.135. The monoisotopic (exact) mass is 378 g/mol. The minimum absolute atomic E-state index is 0.190. The molecule has 0 saturated heterocycles. The zero-order valence-electron chi connectivity index (χ0n) is 15.6. The molecular weight excluding hydrogens is 360 g/mol. The van der Waals surface area contributed by atoms with Crippen LogP contribution < -0.4 is 4.74 Å². The van der Waals surface area contributed by atoms with Gasteiger partial charge in [-0.25, -0.2) is 0 Å². The van der Waals surface area contributed by atoms with Gasteiger partial charge in [-0.1, -0.05) is 30.3 Å². The summed E-state index contributed by atoms with van der Waals surface area (Å²) >= 11 is 0. The number of rotatable bonds is 3. The summed E-state index contributed by atoms with van der Waals surface area (Å²) in [6, 6.07) is 14.6. The molecule has 0 saturated carbocycles. The third-order valence-electron chi connectivity index (χ3n) is 4.35. The number of carbonyl (C=O) groups is 2. The fourth-order valence-electron chi connectivity index (χ4n) is 3.18. The van der Waals surface area contributed by atoms with Crippen LogP contribution in [0.5, 0.6) is 5.75 Å². The summed E-state index contributed by atoms with van der Waals surface area (Å²) in [5, 5.41) is 7.24. The molecule has 2 aromatic carbocycles. The van der Waals surface area contributed by atoms with E-state index in [-0.39, 0.29) is 11.8 Å². The lowest BCUT2D eigenvalue weighted by atomic mass is 10.0. The van der Waals surface area contributed by atoms with E-state index in [2.05, 4.69) is 5.10 Å². The first kappa shape index (κ1) is 17.8. The first-order chi connectivity index (χ1) is 13.4. The van der Waals surface area contributed by atoms with Crippen molar-refractivity contribution >= 4 is 28.5 Å². The second kappa shape index (κ2) is 6.84. The molecule has 0 radical (unpaired) electrons. The molecule has 1 aliphatic rings. The average Bonchev–Trinajstić information content (AvgIpc) is 3.27. The fraction of sp³-hybridized carbons (Fsp3) is 0.190. The second-order valence-corrected chi connectivity index (χ2v) is 6.44. The van der Waals surface area contributed by atoms with Crippen LogP contribution in [-0.4, -0.2) is 22.8 Å². The fourth-order valence-corrected chi connectivity index (χ4v) is 3.18. The van der Waals surface area contributed by atoms with E-state index in [0.717, 1.165) is 10.8 Å². The Kier molecular flexibility index (Phi) is 4.35. The molecule has 1 aromatic heterocycles. The van der Waals surface area contributed by atoms with E-state index in [1.165, 1.54) is 18.9 Å². The van der Waals surface area contributed by atoms with E-state index in [1.807, 2.05) is 37.3 Å². The van der Waals surface area contributed by atoms with E-state index in [1.54, 1.807) is 18.2 Å². The molecule has 3 aromatic rings. The van der Waals surface area contributed by atoms with Gasteiger partial charge in [-0.2, -0.15) is 5.01 Å². The number of nitrogens with zero attached hydrogens (tertiary/aromatic N) is 2. The highest BCUT2D eigenvalue weighted by molar-refractivity contribution is 5.95. The van der Waals surface area contributed by atoms with Gasteiger partial charge in [0.2, 0.25) is 12.1 Å². The van der Waals surface area contributed by atoms with Crippen LogP contribution in [0.15, 0.2) is 58.0 Å². The molecule has 4 rings (SSSR count). The van der Waals surface area contributed by atoms with Crippen molar-refractivity contribution in [1.82, 2.24) is 5.01 Å². The van der Waals surface area contributed by atoms with E-state index in [4.69, 9.17) is 13.9 Å². The smallest absolute Gasteiger partial charge is 0.308 e. The zero-order chi connectivity index (χ0) is 19.8. The Hall–Kier alpha value is -3.61. The number of fused-ring (bicyclic) bond motifs is 1. The Bertz CT molecular complexity index is 1110. The van der Waals surface area contributed by atoms with E-state index in [0.29, 0.717) is 22.8 Å². The standard InChI is InChI=1S/C21H18N2O5/c1-12-8-10-18(26-12)20-22-23(13(2)24)21(28-20)19-16-7-5-4-6-15(16)9-11-17(19)27-14(3)25/h4-11,21H,1-3H3. The molecule has 0 fully saturated rings. The maximum atomic E-state index is 12.3. The van der Waals surface area contributed by atoms with Crippen molar-refractivity contribution in [1.29, 1.82) is 0 Å². The summed E-state index contributed by atoms with van der Waals surface area (Å²) in [7, 11) is 0. The topological polar surface area (TPSA) is 81.3 Å². The summed E-state index contributed by atoms with van der Waals surface area (Å²) in [5.74, 6) is 0.839. The van der Waals surface area contributed by atoms with Crippen molar-refractivity contribution in [2.24, 2.45) is 5.10 Å². The molecule has 2 heterocycles. The Labute approximate surface area is 161 Å². The third kappa shape index (κ3) is 3.11. The molecule has 142 valence electrons. The summed E-state index contributed by atoms with van der Waals surface area (Å²) in [6.45, 7) is 4.53. The number of hydrazone groups is 1. The lowest BCUT2D eigenvalue weighted by Gasteiger charge is -2.22. The van der Waals surface area contributed by atoms with Gasteiger partial charge >= 0.3 is 5.97 Å². The molecule has 0 N–H and O–H groups in total. The molecule has 1 amide bonds. The van der Waals surface area contributed by atoms with E-state index < -0.39 is 12.2 Å². The van der Waals surface area contributed by atoms with Gasteiger partial charge in [-0.3, -0.25) is 9.59 Å². The van der Waals surface area contributed by atoms with Gasteiger partial charge in [0.25, 0.3) is 5.90 Å². The quantitative estimate of drug-likeness (QED) is 0.510. The summed E-state index contributed by atoms with van der Waals surface area (Å²) in [6.07, 6.45) is -0.890.